The molecule has 0 spiro atoms. The Morgan fingerprint density at radius 2 is 2.12 bits per heavy atom. The molecule has 2 nitrogen and oxygen atoms in total. The molecule has 0 fully saturated rings. The van der Waals surface area contributed by atoms with Crippen molar-refractivity contribution in [3.63, 3.8) is 0 Å². The van der Waals surface area contributed by atoms with Crippen LogP contribution in [0.3, 0.4) is 0 Å². The second-order valence-corrected chi connectivity index (χ2v) is 2.53. The van der Waals surface area contributed by atoms with Gasteiger partial charge >= 0.3 is 5.97 Å². The summed E-state index contributed by atoms with van der Waals surface area (Å²) >= 11 is 3.05. The normalized spacial score (nSPS) is 8.62. The fourth-order valence-electron chi connectivity index (χ4n) is 0.243. The highest BCUT2D eigenvalue weighted by atomic mass is 79.9. The zero-order chi connectivity index (χ0) is 6.57. The molecule has 0 amide bonds. The third-order valence-corrected chi connectivity index (χ3v) is 1.01. The number of rotatable bonds is 3. The minimum Gasteiger partial charge on any atom is -0.481 e. The number of hydrogen-bond donors (Lipinski definition) is 1. The molecule has 0 aliphatic heterocycles. The zero-order valence-corrected chi connectivity index (χ0v) is 5.94. The Morgan fingerprint density at radius 3 is 2.25 bits per heavy atom. The van der Waals surface area contributed by atoms with Gasteiger partial charge in [0.25, 0.3) is 0 Å². The van der Waals surface area contributed by atoms with Crippen molar-refractivity contribution in [2.24, 2.45) is 0 Å². The van der Waals surface area contributed by atoms with E-state index in [1.807, 2.05) is 0 Å². The first-order valence-corrected chi connectivity index (χ1v) is 2.97. The van der Waals surface area contributed by atoms with Crippen LogP contribution in [-0.4, -0.2) is 11.1 Å². The molecule has 0 unspecified atom stereocenters. The largest absolute Gasteiger partial charge is 0.481 e. The molecule has 0 atom stereocenters. The lowest BCUT2D eigenvalue weighted by atomic mass is 10.3. The van der Waals surface area contributed by atoms with Gasteiger partial charge in [-0.05, 0) is 10.9 Å². The highest BCUT2D eigenvalue weighted by Crippen LogP contribution is 2.08. The van der Waals surface area contributed by atoms with E-state index in [1.54, 1.807) is 0 Å². The van der Waals surface area contributed by atoms with E-state index in [0.29, 0.717) is 6.42 Å². The fraction of sp³-hybridized carbons (Fsp3) is 0.400. The molecule has 0 aromatic heterocycles. The minimum absolute atomic E-state index is 0.157. The smallest absolute Gasteiger partial charge is 0.303 e. The average molecular weight is 179 g/mol. The van der Waals surface area contributed by atoms with E-state index in [4.69, 9.17) is 5.11 Å². The number of carbonyl (C=O) groups is 1. The van der Waals surface area contributed by atoms with Crippen molar-refractivity contribution < 1.29 is 9.90 Å². The highest BCUT2D eigenvalue weighted by Gasteiger charge is 1.95. The highest BCUT2D eigenvalue weighted by molar-refractivity contribution is 9.11. The van der Waals surface area contributed by atoms with Gasteiger partial charge in [0, 0.05) is 6.42 Å². The van der Waals surface area contributed by atoms with Crippen LogP contribution in [0, 0.1) is 0 Å². The zero-order valence-electron chi connectivity index (χ0n) is 4.35. The molecule has 8 heavy (non-hydrogen) atoms. The molecule has 0 saturated heterocycles. The first-order chi connectivity index (χ1) is 3.63. The minimum atomic E-state index is -0.786. The van der Waals surface area contributed by atoms with Crippen LogP contribution in [0.4, 0.5) is 0 Å². The van der Waals surface area contributed by atoms with Crippen molar-refractivity contribution >= 4 is 21.9 Å². The van der Waals surface area contributed by atoms with Gasteiger partial charge in [0.2, 0.25) is 0 Å². The Morgan fingerprint density at radius 1 is 1.62 bits per heavy atom. The number of halogens is 1. The second kappa shape index (κ2) is 3.66. The van der Waals surface area contributed by atoms with Crippen LogP contribution in [0.5, 0.6) is 0 Å². The number of carboxylic acids is 1. The number of allylic oxidation sites excluding steroid dienone is 1. The Kier molecular flexibility index (Phi) is 3.52. The summed E-state index contributed by atoms with van der Waals surface area (Å²) in [6, 6.07) is 0. The summed E-state index contributed by atoms with van der Waals surface area (Å²) in [7, 11) is 0. The van der Waals surface area contributed by atoms with Crippen molar-refractivity contribution in [1.82, 2.24) is 0 Å². The Balaban J connectivity index is 3.18. The monoisotopic (exact) mass is 178 g/mol. The molecular weight excluding hydrogens is 172 g/mol. The summed E-state index contributed by atoms with van der Waals surface area (Å²) in [4.78, 5) is 9.84. The summed E-state index contributed by atoms with van der Waals surface area (Å²) in [5.74, 6) is -0.786. The Hall–Kier alpha value is -0.310. The third-order valence-electron chi connectivity index (χ3n) is 0.610. The van der Waals surface area contributed by atoms with E-state index in [9.17, 15) is 4.79 Å². The van der Waals surface area contributed by atoms with Crippen molar-refractivity contribution in [2.75, 3.05) is 0 Å². The van der Waals surface area contributed by atoms with E-state index < -0.39 is 5.97 Å². The summed E-state index contributed by atoms with van der Waals surface area (Å²) in [6.07, 6.45) is 0.666. The summed E-state index contributed by atoms with van der Waals surface area (Å²) in [5.41, 5.74) is 0. The predicted octanol–water partition coefficient (Wildman–Crippen LogP) is 1.76. The maximum atomic E-state index is 9.84. The van der Waals surface area contributed by atoms with Crippen LogP contribution in [0.15, 0.2) is 11.1 Å². The molecule has 0 rings (SSSR count). The lowest BCUT2D eigenvalue weighted by Gasteiger charge is -1.89. The van der Waals surface area contributed by atoms with Crippen LogP contribution in [0.2, 0.25) is 0 Å². The SMILES string of the molecule is C=C(Br)CCC(=O)O. The standard InChI is InChI=1S/C5H7BrO2/c1-4(6)2-3-5(7)8/h1-3H2,(H,7,8). The maximum absolute atomic E-state index is 9.84. The maximum Gasteiger partial charge on any atom is 0.303 e. The van der Waals surface area contributed by atoms with Gasteiger partial charge in [-0.25, -0.2) is 0 Å². The van der Waals surface area contributed by atoms with E-state index in [1.165, 1.54) is 0 Å². The van der Waals surface area contributed by atoms with Crippen LogP contribution >= 0.6 is 15.9 Å². The van der Waals surface area contributed by atoms with Crippen LogP contribution in [0.1, 0.15) is 12.8 Å². The number of hydrogen-bond acceptors (Lipinski definition) is 1. The summed E-state index contributed by atoms with van der Waals surface area (Å²) < 4.78 is 0.736. The van der Waals surface area contributed by atoms with E-state index in [-0.39, 0.29) is 6.42 Å². The van der Waals surface area contributed by atoms with Crippen LogP contribution in [-0.2, 0) is 4.79 Å². The van der Waals surface area contributed by atoms with Gasteiger partial charge in [-0.2, -0.15) is 0 Å². The molecule has 3 heteroatoms. The van der Waals surface area contributed by atoms with Gasteiger partial charge < -0.3 is 5.11 Å². The van der Waals surface area contributed by atoms with Crippen molar-refractivity contribution in [3.8, 4) is 0 Å². The topological polar surface area (TPSA) is 37.3 Å². The lowest BCUT2D eigenvalue weighted by molar-refractivity contribution is -0.136. The van der Waals surface area contributed by atoms with Crippen LogP contribution in [0.25, 0.3) is 0 Å². The van der Waals surface area contributed by atoms with E-state index >= 15 is 0 Å². The molecule has 0 bridgehead atoms. The predicted molar refractivity (Wildman–Crippen MR) is 34.9 cm³/mol. The third kappa shape index (κ3) is 5.69. The second-order valence-electron chi connectivity index (χ2n) is 1.41. The van der Waals surface area contributed by atoms with Crippen molar-refractivity contribution in [2.45, 2.75) is 12.8 Å². The lowest BCUT2D eigenvalue weighted by Crippen LogP contribution is -1.92. The summed E-state index contributed by atoms with van der Waals surface area (Å²) in [6.45, 7) is 3.48. The van der Waals surface area contributed by atoms with Crippen molar-refractivity contribution in [3.05, 3.63) is 11.1 Å². The molecule has 1 N–H and O–H groups in total. The molecule has 0 aromatic carbocycles. The van der Waals surface area contributed by atoms with Gasteiger partial charge in [0.1, 0.15) is 0 Å². The fourth-order valence-corrected chi connectivity index (χ4v) is 0.441. The molecule has 0 aliphatic rings. The quantitative estimate of drug-likeness (QED) is 0.716. The van der Waals surface area contributed by atoms with Crippen LogP contribution < -0.4 is 0 Å². The first kappa shape index (κ1) is 7.69. The van der Waals surface area contributed by atoms with Crippen molar-refractivity contribution in [1.29, 1.82) is 0 Å². The molecule has 0 aliphatic carbocycles. The number of carboxylic acid groups (broad SMARTS) is 1. The van der Waals surface area contributed by atoms with E-state index in [0.717, 1.165) is 4.48 Å². The molecule has 0 radical (unpaired) electrons. The molecular formula is C5H7BrO2. The first-order valence-electron chi connectivity index (χ1n) is 2.18. The molecule has 0 aromatic rings. The molecule has 46 valence electrons. The molecule has 0 heterocycles. The van der Waals surface area contributed by atoms with Gasteiger partial charge in [-0.15, -0.1) is 0 Å². The van der Waals surface area contributed by atoms with E-state index in [2.05, 4.69) is 22.5 Å². The van der Waals surface area contributed by atoms with Gasteiger partial charge in [0.15, 0.2) is 0 Å². The Labute approximate surface area is 56.3 Å². The average Bonchev–Trinajstić information content (AvgIpc) is 1.61. The summed E-state index contributed by atoms with van der Waals surface area (Å²) in [5, 5.41) is 8.10. The van der Waals surface area contributed by atoms with Gasteiger partial charge in [-0.3, -0.25) is 4.79 Å². The molecule has 0 saturated carbocycles. The Bertz CT molecular complexity index is 95.0. The van der Waals surface area contributed by atoms with Gasteiger partial charge in [0.05, 0.1) is 0 Å². The number of aliphatic carboxylic acids is 1. The van der Waals surface area contributed by atoms with Gasteiger partial charge in [-0.1, -0.05) is 22.5 Å².